The molecule has 1 heterocycles. The molecule has 3 aromatic carbocycles. The monoisotopic (exact) mass is 529 g/mol. The first-order valence-electron chi connectivity index (χ1n) is 13.2. The second-order valence-electron chi connectivity index (χ2n) is 9.67. The van der Waals surface area contributed by atoms with Gasteiger partial charge in [-0.3, -0.25) is 9.59 Å². The standard InChI is InChI=1S/C32H35NO6/c1-5-37-26-13-9-12-24(19-26)29-28(31(35)32(36)33(29)16-17-38-21(2)3)30(34)25-14-15-27(22(4)18-25)39-20-23-10-7-6-8-11-23/h6-15,18-19,21,29,34H,5,16-17,20H2,1-4H3/b30-28+. The van der Waals surface area contributed by atoms with Gasteiger partial charge in [0.1, 0.15) is 23.9 Å². The van der Waals surface area contributed by atoms with E-state index in [1.165, 1.54) is 4.90 Å². The molecule has 0 saturated carbocycles. The fraction of sp³-hybridized carbons (Fsp3) is 0.312. The second-order valence-corrected chi connectivity index (χ2v) is 9.67. The number of hydrogen-bond donors (Lipinski definition) is 1. The third-order valence-electron chi connectivity index (χ3n) is 6.49. The summed E-state index contributed by atoms with van der Waals surface area (Å²) in [5.41, 5.74) is 2.98. The van der Waals surface area contributed by atoms with Gasteiger partial charge in [-0.05, 0) is 74.7 Å². The average Bonchev–Trinajstić information content (AvgIpc) is 3.18. The van der Waals surface area contributed by atoms with Crippen molar-refractivity contribution in [3.63, 3.8) is 0 Å². The van der Waals surface area contributed by atoms with Gasteiger partial charge in [-0.2, -0.15) is 0 Å². The fourth-order valence-electron chi connectivity index (χ4n) is 4.63. The molecule has 1 fully saturated rings. The molecule has 0 aliphatic carbocycles. The number of ether oxygens (including phenoxy) is 3. The Balaban J connectivity index is 1.70. The zero-order valence-electron chi connectivity index (χ0n) is 22.8. The summed E-state index contributed by atoms with van der Waals surface area (Å²) in [6.45, 7) is 8.93. The minimum Gasteiger partial charge on any atom is -0.507 e. The van der Waals surface area contributed by atoms with E-state index in [2.05, 4.69) is 0 Å². The minimum atomic E-state index is -0.782. The molecule has 4 rings (SSSR count). The summed E-state index contributed by atoms with van der Waals surface area (Å²) in [5, 5.41) is 11.4. The van der Waals surface area contributed by atoms with Crippen molar-refractivity contribution < 1.29 is 28.9 Å². The Kier molecular flexibility index (Phi) is 9.04. The summed E-state index contributed by atoms with van der Waals surface area (Å²) < 4.78 is 17.3. The molecule has 0 aromatic heterocycles. The van der Waals surface area contributed by atoms with Gasteiger partial charge in [0, 0.05) is 12.1 Å². The van der Waals surface area contributed by atoms with Crippen molar-refractivity contribution in [2.75, 3.05) is 19.8 Å². The van der Waals surface area contributed by atoms with Gasteiger partial charge in [-0.15, -0.1) is 0 Å². The molecular weight excluding hydrogens is 494 g/mol. The Morgan fingerprint density at radius 1 is 0.974 bits per heavy atom. The van der Waals surface area contributed by atoms with Gasteiger partial charge in [0.15, 0.2) is 0 Å². The van der Waals surface area contributed by atoms with Crippen molar-refractivity contribution in [3.8, 4) is 11.5 Å². The average molecular weight is 530 g/mol. The van der Waals surface area contributed by atoms with Crippen LogP contribution in [-0.2, 0) is 20.9 Å². The Bertz CT molecular complexity index is 1350. The van der Waals surface area contributed by atoms with Crippen LogP contribution >= 0.6 is 0 Å². The lowest BCUT2D eigenvalue weighted by atomic mass is 9.94. The maximum absolute atomic E-state index is 13.3. The SMILES string of the molecule is CCOc1cccc(C2/C(=C(\O)c3ccc(OCc4ccccc4)c(C)c3)C(=O)C(=O)N2CCOC(C)C)c1. The number of aliphatic hydroxyl groups excluding tert-OH is 1. The first-order valence-corrected chi connectivity index (χ1v) is 13.2. The Morgan fingerprint density at radius 2 is 1.74 bits per heavy atom. The number of aryl methyl sites for hydroxylation is 1. The number of benzene rings is 3. The van der Waals surface area contributed by atoms with E-state index in [1.54, 1.807) is 24.3 Å². The Morgan fingerprint density at radius 3 is 2.44 bits per heavy atom. The second kappa shape index (κ2) is 12.6. The largest absolute Gasteiger partial charge is 0.507 e. The van der Waals surface area contributed by atoms with Crippen molar-refractivity contribution in [2.24, 2.45) is 0 Å². The van der Waals surface area contributed by atoms with Gasteiger partial charge < -0.3 is 24.2 Å². The number of ketones is 1. The van der Waals surface area contributed by atoms with Gasteiger partial charge in [0.05, 0.1) is 30.9 Å². The van der Waals surface area contributed by atoms with Crippen LogP contribution in [0.25, 0.3) is 5.76 Å². The van der Waals surface area contributed by atoms with Gasteiger partial charge in [-0.25, -0.2) is 0 Å². The van der Waals surface area contributed by atoms with Crippen LogP contribution in [0.4, 0.5) is 0 Å². The molecule has 7 heteroatoms. The van der Waals surface area contributed by atoms with Crippen molar-refractivity contribution in [3.05, 3.63) is 101 Å². The maximum atomic E-state index is 13.3. The summed E-state index contributed by atoms with van der Waals surface area (Å²) in [5.74, 6) is -0.344. The highest BCUT2D eigenvalue weighted by molar-refractivity contribution is 6.46. The van der Waals surface area contributed by atoms with Gasteiger partial charge in [0.2, 0.25) is 0 Å². The Hall–Kier alpha value is -4.10. The van der Waals surface area contributed by atoms with Crippen LogP contribution in [0, 0.1) is 6.92 Å². The van der Waals surface area contributed by atoms with Crippen LogP contribution < -0.4 is 9.47 Å². The number of amides is 1. The highest BCUT2D eigenvalue weighted by Crippen LogP contribution is 2.40. The molecule has 1 aliphatic heterocycles. The summed E-state index contributed by atoms with van der Waals surface area (Å²) in [6, 6.07) is 21.5. The summed E-state index contributed by atoms with van der Waals surface area (Å²) in [7, 11) is 0. The van der Waals surface area contributed by atoms with Crippen molar-refractivity contribution in [1.82, 2.24) is 4.90 Å². The smallest absolute Gasteiger partial charge is 0.295 e. The van der Waals surface area contributed by atoms with Crippen LogP contribution in [0.2, 0.25) is 0 Å². The molecule has 0 radical (unpaired) electrons. The zero-order chi connectivity index (χ0) is 27.9. The normalized spacial score (nSPS) is 16.6. The van der Waals surface area contributed by atoms with Gasteiger partial charge >= 0.3 is 0 Å². The molecule has 1 saturated heterocycles. The molecular formula is C32H35NO6. The van der Waals surface area contributed by atoms with E-state index in [-0.39, 0.29) is 30.6 Å². The third kappa shape index (κ3) is 6.49. The number of nitrogens with zero attached hydrogens (tertiary/aromatic N) is 1. The van der Waals surface area contributed by atoms with E-state index < -0.39 is 17.7 Å². The van der Waals surface area contributed by atoms with E-state index in [9.17, 15) is 14.7 Å². The quantitative estimate of drug-likeness (QED) is 0.191. The third-order valence-corrected chi connectivity index (χ3v) is 6.49. The number of rotatable bonds is 11. The van der Waals surface area contributed by atoms with Crippen LogP contribution in [0.5, 0.6) is 11.5 Å². The van der Waals surface area contributed by atoms with E-state index in [0.29, 0.717) is 35.8 Å². The number of hydrogen-bond acceptors (Lipinski definition) is 6. The topological polar surface area (TPSA) is 85.3 Å². The molecule has 3 aromatic rings. The maximum Gasteiger partial charge on any atom is 0.295 e. The van der Waals surface area contributed by atoms with Crippen LogP contribution in [0.1, 0.15) is 49.1 Å². The zero-order valence-corrected chi connectivity index (χ0v) is 22.8. The highest BCUT2D eigenvalue weighted by atomic mass is 16.5. The van der Waals surface area contributed by atoms with Crippen LogP contribution in [0.3, 0.4) is 0 Å². The molecule has 1 N–H and O–H groups in total. The van der Waals surface area contributed by atoms with Crippen molar-refractivity contribution >= 4 is 17.4 Å². The molecule has 1 unspecified atom stereocenters. The lowest BCUT2D eigenvalue weighted by Gasteiger charge is -2.26. The van der Waals surface area contributed by atoms with E-state index >= 15 is 0 Å². The number of aliphatic hydroxyl groups is 1. The van der Waals surface area contributed by atoms with E-state index in [4.69, 9.17) is 14.2 Å². The van der Waals surface area contributed by atoms with Gasteiger partial charge in [0.25, 0.3) is 11.7 Å². The fourth-order valence-corrected chi connectivity index (χ4v) is 4.63. The molecule has 1 atom stereocenters. The molecule has 1 amide bonds. The van der Waals surface area contributed by atoms with Gasteiger partial charge in [-0.1, -0.05) is 42.5 Å². The summed E-state index contributed by atoms with van der Waals surface area (Å²) in [4.78, 5) is 28.0. The van der Waals surface area contributed by atoms with Crippen LogP contribution in [-0.4, -0.2) is 47.6 Å². The lowest BCUT2D eigenvalue weighted by Crippen LogP contribution is -2.33. The Labute approximate surface area is 229 Å². The van der Waals surface area contributed by atoms with E-state index in [0.717, 1.165) is 11.1 Å². The molecule has 0 spiro atoms. The molecule has 7 nitrogen and oxygen atoms in total. The first-order chi connectivity index (χ1) is 18.8. The van der Waals surface area contributed by atoms with E-state index in [1.807, 2.05) is 76.2 Å². The number of carbonyl (C=O) groups excluding carboxylic acids is 2. The summed E-state index contributed by atoms with van der Waals surface area (Å²) in [6.07, 6.45) is -0.0212. The number of likely N-dealkylation sites (tertiary alicyclic amines) is 1. The molecule has 0 bridgehead atoms. The molecule has 1 aliphatic rings. The predicted molar refractivity (Wildman–Crippen MR) is 150 cm³/mol. The first kappa shape index (κ1) is 27.9. The van der Waals surface area contributed by atoms with Crippen molar-refractivity contribution in [1.29, 1.82) is 0 Å². The minimum absolute atomic E-state index is 0.0212. The number of Topliss-reactive ketones (excluding diaryl/α,β-unsaturated/α-hetero) is 1. The highest BCUT2D eigenvalue weighted by Gasteiger charge is 2.46. The van der Waals surface area contributed by atoms with Crippen molar-refractivity contribution in [2.45, 2.75) is 46.4 Å². The number of carbonyl (C=O) groups is 2. The molecule has 39 heavy (non-hydrogen) atoms. The predicted octanol–water partition coefficient (Wildman–Crippen LogP) is 5.82. The lowest BCUT2D eigenvalue weighted by molar-refractivity contribution is -0.140. The van der Waals surface area contributed by atoms with Crippen LogP contribution in [0.15, 0.2) is 78.4 Å². The summed E-state index contributed by atoms with van der Waals surface area (Å²) >= 11 is 0. The molecule has 204 valence electrons.